The lowest BCUT2D eigenvalue weighted by Crippen LogP contribution is -1.98. The highest BCUT2D eigenvalue weighted by molar-refractivity contribution is 9.10. The molecule has 0 aliphatic heterocycles. The predicted octanol–water partition coefficient (Wildman–Crippen LogP) is 2.97. The van der Waals surface area contributed by atoms with Crippen LogP contribution in [0.3, 0.4) is 0 Å². The summed E-state index contributed by atoms with van der Waals surface area (Å²) in [4.78, 5) is 11.2. The van der Waals surface area contributed by atoms with E-state index >= 15 is 0 Å². The molecule has 0 radical (unpaired) electrons. The topological polar surface area (TPSA) is 37.3 Å². The van der Waals surface area contributed by atoms with Crippen LogP contribution < -0.4 is 0 Å². The Balaban J connectivity index is 3.50. The number of phenols is 1. The molecule has 0 spiro atoms. The average Bonchev–Trinajstić information content (AvgIpc) is 2.07. The molecule has 0 saturated heterocycles. The molecule has 0 atom stereocenters. The third-order valence-electron chi connectivity index (χ3n) is 2.05. The number of Topliss-reactive ketones (excluding diaryl/α,β-unsaturated/α-hetero) is 1. The number of halogens is 1. The van der Waals surface area contributed by atoms with Crippen LogP contribution in [0, 0.1) is 13.8 Å². The molecule has 0 aromatic heterocycles. The molecule has 0 aliphatic carbocycles. The van der Waals surface area contributed by atoms with Gasteiger partial charge < -0.3 is 5.11 Å². The fraction of sp³-hybridized carbons (Fsp3) is 0.300. The molecule has 0 aliphatic rings. The van der Waals surface area contributed by atoms with E-state index in [2.05, 4.69) is 15.9 Å². The normalized spacial score (nSPS) is 10.2. The van der Waals surface area contributed by atoms with E-state index in [1.54, 1.807) is 13.0 Å². The number of rotatable bonds is 1. The first-order valence-corrected chi connectivity index (χ1v) is 4.74. The molecule has 3 heteroatoms. The summed E-state index contributed by atoms with van der Waals surface area (Å²) in [6.07, 6.45) is 0. The Hall–Kier alpha value is -0.830. The van der Waals surface area contributed by atoms with Gasteiger partial charge in [0.1, 0.15) is 5.75 Å². The summed E-state index contributed by atoms with van der Waals surface area (Å²) in [7, 11) is 0. The molecule has 0 heterocycles. The molecule has 0 saturated carbocycles. The van der Waals surface area contributed by atoms with Crippen LogP contribution in [-0.2, 0) is 0 Å². The van der Waals surface area contributed by atoms with E-state index in [1.807, 2.05) is 6.92 Å². The van der Waals surface area contributed by atoms with Gasteiger partial charge in [0.05, 0.1) is 4.47 Å². The fourth-order valence-corrected chi connectivity index (χ4v) is 1.64. The van der Waals surface area contributed by atoms with Gasteiger partial charge >= 0.3 is 0 Å². The quantitative estimate of drug-likeness (QED) is 0.770. The summed E-state index contributed by atoms with van der Waals surface area (Å²) in [6, 6.07) is 1.78. The maximum atomic E-state index is 11.2. The van der Waals surface area contributed by atoms with Crippen molar-refractivity contribution in [2.45, 2.75) is 20.8 Å². The highest BCUT2D eigenvalue weighted by Crippen LogP contribution is 2.33. The van der Waals surface area contributed by atoms with Gasteiger partial charge in [-0.2, -0.15) is 0 Å². The van der Waals surface area contributed by atoms with Crippen LogP contribution in [-0.4, -0.2) is 10.9 Å². The van der Waals surface area contributed by atoms with Gasteiger partial charge in [-0.3, -0.25) is 4.79 Å². The molecule has 1 aromatic rings. The highest BCUT2D eigenvalue weighted by atomic mass is 79.9. The lowest BCUT2D eigenvalue weighted by Gasteiger charge is -2.09. The zero-order valence-electron chi connectivity index (χ0n) is 7.81. The van der Waals surface area contributed by atoms with Gasteiger partial charge in [0.15, 0.2) is 5.78 Å². The molecule has 0 bridgehead atoms. The zero-order chi connectivity index (χ0) is 10.2. The first-order valence-electron chi connectivity index (χ1n) is 3.94. The van der Waals surface area contributed by atoms with Crippen LogP contribution in [0.25, 0.3) is 0 Å². The largest absolute Gasteiger partial charge is 0.506 e. The number of aryl methyl sites for hydroxylation is 1. The standard InChI is InChI=1S/C10H11BrO2/c1-5-4-8(7(3)12)6(2)10(13)9(5)11/h4,13H,1-3H3. The number of phenolic OH excluding ortho intramolecular Hbond substituents is 1. The highest BCUT2D eigenvalue weighted by Gasteiger charge is 2.12. The number of carbonyl (C=O) groups is 1. The first-order chi connectivity index (χ1) is 5.95. The van der Waals surface area contributed by atoms with Crippen molar-refractivity contribution in [1.29, 1.82) is 0 Å². The fourth-order valence-electron chi connectivity index (χ4n) is 1.23. The maximum absolute atomic E-state index is 11.2. The lowest BCUT2D eigenvalue weighted by atomic mass is 10.0. The molecule has 0 unspecified atom stereocenters. The minimum Gasteiger partial charge on any atom is -0.506 e. The second-order valence-electron chi connectivity index (χ2n) is 3.08. The smallest absolute Gasteiger partial charge is 0.160 e. The predicted molar refractivity (Wildman–Crippen MR) is 55.3 cm³/mol. The van der Waals surface area contributed by atoms with Crippen LogP contribution in [0.1, 0.15) is 28.4 Å². The summed E-state index contributed by atoms with van der Waals surface area (Å²) in [5, 5.41) is 9.62. The molecule has 1 N–H and O–H groups in total. The molecular weight excluding hydrogens is 232 g/mol. The summed E-state index contributed by atoms with van der Waals surface area (Å²) in [5.41, 5.74) is 2.08. The van der Waals surface area contributed by atoms with Gasteiger partial charge in [-0.25, -0.2) is 0 Å². The van der Waals surface area contributed by atoms with Gasteiger partial charge in [-0.15, -0.1) is 0 Å². The van der Waals surface area contributed by atoms with E-state index in [-0.39, 0.29) is 11.5 Å². The monoisotopic (exact) mass is 242 g/mol. The number of hydrogen-bond donors (Lipinski definition) is 1. The zero-order valence-corrected chi connectivity index (χ0v) is 9.40. The van der Waals surface area contributed by atoms with Gasteiger partial charge in [-0.05, 0) is 48.3 Å². The first kappa shape index (κ1) is 10.3. The van der Waals surface area contributed by atoms with Crippen LogP contribution >= 0.6 is 15.9 Å². The van der Waals surface area contributed by atoms with E-state index in [0.717, 1.165) is 5.56 Å². The third-order valence-corrected chi connectivity index (χ3v) is 3.05. The van der Waals surface area contributed by atoms with E-state index in [1.165, 1.54) is 6.92 Å². The van der Waals surface area contributed by atoms with Gasteiger partial charge in [0.25, 0.3) is 0 Å². The summed E-state index contributed by atoms with van der Waals surface area (Å²) in [6.45, 7) is 5.07. The maximum Gasteiger partial charge on any atom is 0.160 e. The molecule has 70 valence electrons. The molecule has 2 nitrogen and oxygen atoms in total. The van der Waals surface area contributed by atoms with Gasteiger partial charge in [0.2, 0.25) is 0 Å². The van der Waals surface area contributed by atoms with Crippen molar-refractivity contribution in [2.75, 3.05) is 0 Å². The SMILES string of the molecule is CC(=O)c1cc(C)c(Br)c(O)c1C. The molecule has 1 aromatic carbocycles. The Morgan fingerprint density at radius 2 is 2.00 bits per heavy atom. The minimum absolute atomic E-state index is 0.0246. The number of benzene rings is 1. The van der Waals surface area contributed by atoms with E-state index in [4.69, 9.17) is 0 Å². The third kappa shape index (κ3) is 1.75. The molecule has 0 fully saturated rings. The Morgan fingerprint density at radius 3 is 2.46 bits per heavy atom. The number of ketones is 1. The van der Waals surface area contributed by atoms with Crippen molar-refractivity contribution in [1.82, 2.24) is 0 Å². The van der Waals surface area contributed by atoms with E-state index in [9.17, 15) is 9.90 Å². The Morgan fingerprint density at radius 1 is 1.46 bits per heavy atom. The number of carbonyl (C=O) groups excluding carboxylic acids is 1. The van der Waals surface area contributed by atoms with Crippen LogP contribution in [0.4, 0.5) is 0 Å². The Labute approximate surface area is 85.7 Å². The Kier molecular flexibility index (Phi) is 2.76. The summed E-state index contributed by atoms with van der Waals surface area (Å²) >= 11 is 3.25. The molecule has 0 amide bonds. The van der Waals surface area contributed by atoms with Crippen molar-refractivity contribution in [3.05, 3.63) is 27.2 Å². The van der Waals surface area contributed by atoms with E-state index in [0.29, 0.717) is 15.6 Å². The second-order valence-corrected chi connectivity index (χ2v) is 3.88. The summed E-state index contributed by atoms with van der Waals surface area (Å²) < 4.78 is 0.662. The van der Waals surface area contributed by atoms with Crippen LogP contribution in [0.5, 0.6) is 5.75 Å². The van der Waals surface area contributed by atoms with Crippen molar-refractivity contribution in [2.24, 2.45) is 0 Å². The van der Waals surface area contributed by atoms with Gasteiger partial charge in [-0.1, -0.05) is 0 Å². The van der Waals surface area contributed by atoms with Crippen molar-refractivity contribution < 1.29 is 9.90 Å². The minimum atomic E-state index is -0.0246. The van der Waals surface area contributed by atoms with Crippen molar-refractivity contribution in [3.63, 3.8) is 0 Å². The molecule has 1 rings (SSSR count). The van der Waals surface area contributed by atoms with E-state index < -0.39 is 0 Å². The average molecular weight is 243 g/mol. The Bertz CT molecular complexity index is 370. The van der Waals surface area contributed by atoms with Crippen LogP contribution in [0.2, 0.25) is 0 Å². The molecule has 13 heavy (non-hydrogen) atoms. The van der Waals surface area contributed by atoms with Crippen molar-refractivity contribution >= 4 is 21.7 Å². The lowest BCUT2D eigenvalue weighted by molar-refractivity contribution is 0.101. The van der Waals surface area contributed by atoms with Crippen molar-refractivity contribution in [3.8, 4) is 5.75 Å². The molecular formula is C10H11BrO2. The number of hydrogen-bond acceptors (Lipinski definition) is 2. The summed E-state index contributed by atoms with van der Waals surface area (Å²) in [5.74, 6) is 0.133. The van der Waals surface area contributed by atoms with Crippen LogP contribution in [0.15, 0.2) is 10.5 Å². The van der Waals surface area contributed by atoms with Gasteiger partial charge in [0, 0.05) is 11.1 Å². The number of aromatic hydroxyl groups is 1. The second kappa shape index (κ2) is 3.50.